The molecule has 1 aromatic heterocycles. The lowest BCUT2D eigenvalue weighted by atomic mass is 10.1. The Labute approximate surface area is 96.4 Å². The monoisotopic (exact) mass is 268 g/mol. The minimum Gasteiger partial charge on any atom is -0.507 e. The number of aryl methyl sites for hydroxylation is 1. The molecule has 0 fully saturated rings. The van der Waals surface area contributed by atoms with Crippen LogP contribution in [-0.4, -0.2) is 10.1 Å². The number of benzene rings is 1. The molecule has 0 aliphatic heterocycles. The van der Waals surface area contributed by atoms with E-state index in [0.717, 1.165) is 22.2 Å². The fourth-order valence-corrected chi connectivity index (χ4v) is 2.29. The highest BCUT2D eigenvalue weighted by atomic mass is 79.9. The number of hydrogen-bond acceptors (Lipinski definition) is 2. The second-order valence-corrected chi connectivity index (χ2v) is 4.66. The van der Waals surface area contributed by atoms with Gasteiger partial charge in [0.15, 0.2) is 0 Å². The van der Waals surface area contributed by atoms with Crippen LogP contribution in [-0.2, 0) is 0 Å². The molecule has 0 amide bonds. The average Bonchev–Trinajstić information content (AvgIpc) is 2.41. The second-order valence-electron chi connectivity index (χ2n) is 3.80. The molecule has 4 heteroatoms. The van der Waals surface area contributed by atoms with Gasteiger partial charge in [0, 0.05) is 28.7 Å². The molecule has 1 aromatic carbocycles. The zero-order chi connectivity index (χ0) is 11.2. The molecular weight excluding hydrogens is 256 g/mol. The molecule has 0 saturated heterocycles. The zero-order valence-electron chi connectivity index (χ0n) is 8.63. The predicted octanol–water partition coefficient (Wildman–Crippen LogP) is 2.96. The number of phenolic OH excluding ortho intramolecular Hbond substituents is 1. The van der Waals surface area contributed by atoms with Gasteiger partial charge in [-0.2, -0.15) is 0 Å². The van der Waals surface area contributed by atoms with Crippen molar-refractivity contribution in [3.63, 3.8) is 0 Å². The first-order valence-electron chi connectivity index (χ1n) is 4.77. The summed E-state index contributed by atoms with van der Waals surface area (Å²) in [4.78, 5) is 3.22. The van der Waals surface area contributed by atoms with E-state index in [1.807, 2.05) is 19.9 Å². The lowest BCUT2D eigenvalue weighted by Crippen LogP contribution is -2.05. The highest BCUT2D eigenvalue weighted by molar-refractivity contribution is 9.10. The maximum absolute atomic E-state index is 9.56. The van der Waals surface area contributed by atoms with E-state index in [9.17, 15) is 5.11 Å². The van der Waals surface area contributed by atoms with Gasteiger partial charge in [0.05, 0.1) is 4.47 Å². The topological polar surface area (TPSA) is 62.0 Å². The van der Waals surface area contributed by atoms with E-state index >= 15 is 0 Å². The molecule has 0 radical (unpaired) electrons. The molecule has 15 heavy (non-hydrogen) atoms. The van der Waals surface area contributed by atoms with Crippen LogP contribution < -0.4 is 5.73 Å². The highest BCUT2D eigenvalue weighted by Gasteiger charge is 2.13. The molecule has 0 aliphatic carbocycles. The number of phenols is 1. The van der Waals surface area contributed by atoms with Crippen molar-refractivity contribution in [2.45, 2.75) is 19.9 Å². The average molecular weight is 269 g/mol. The van der Waals surface area contributed by atoms with Crippen molar-refractivity contribution < 1.29 is 5.11 Å². The van der Waals surface area contributed by atoms with Crippen LogP contribution in [0.3, 0.4) is 0 Å². The van der Waals surface area contributed by atoms with E-state index in [0.29, 0.717) is 4.47 Å². The third-order valence-electron chi connectivity index (χ3n) is 2.56. The van der Waals surface area contributed by atoms with Gasteiger partial charge in [-0.15, -0.1) is 0 Å². The third kappa shape index (κ3) is 1.64. The van der Waals surface area contributed by atoms with Gasteiger partial charge >= 0.3 is 0 Å². The van der Waals surface area contributed by atoms with Crippen molar-refractivity contribution in [1.29, 1.82) is 0 Å². The summed E-state index contributed by atoms with van der Waals surface area (Å²) < 4.78 is 0.691. The van der Waals surface area contributed by atoms with Crippen molar-refractivity contribution in [3.05, 3.63) is 27.9 Å². The second kappa shape index (κ2) is 3.54. The summed E-state index contributed by atoms with van der Waals surface area (Å²) >= 11 is 3.30. The maximum Gasteiger partial charge on any atom is 0.131 e. The Morgan fingerprint density at radius 3 is 2.73 bits per heavy atom. The number of hydrogen-bond donors (Lipinski definition) is 3. The van der Waals surface area contributed by atoms with Crippen LogP contribution in [0.25, 0.3) is 10.9 Å². The van der Waals surface area contributed by atoms with Crippen LogP contribution in [0.15, 0.2) is 16.6 Å². The van der Waals surface area contributed by atoms with E-state index < -0.39 is 0 Å². The number of nitrogens with one attached hydrogen (secondary N) is 1. The van der Waals surface area contributed by atoms with Crippen molar-refractivity contribution >= 4 is 26.8 Å². The molecular formula is C11H13BrN2O. The molecule has 2 aromatic rings. The summed E-state index contributed by atoms with van der Waals surface area (Å²) in [5.74, 6) is 0.236. The number of aromatic nitrogens is 1. The van der Waals surface area contributed by atoms with Crippen molar-refractivity contribution in [2.24, 2.45) is 5.73 Å². The molecule has 0 spiro atoms. The number of fused-ring (bicyclic) bond motifs is 1. The van der Waals surface area contributed by atoms with Gasteiger partial charge in [-0.25, -0.2) is 0 Å². The number of nitrogens with two attached hydrogens (primary N) is 1. The van der Waals surface area contributed by atoms with E-state index in [-0.39, 0.29) is 11.8 Å². The predicted molar refractivity (Wildman–Crippen MR) is 65.0 cm³/mol. The van der Waals surface area contributed by atoms with Crippen LogP contribution in [0.4, 0.5) is 0 Å². The van der Waals surface area contributed by atoms with E-state index in [1.165, 1.54) is 0 Å². The maximum atomic E-state index is 9.56. The largest absolute Gasteiger partial charge is 0.507 e. The summed E-state index contributed by atoms with van der Waals surface area (Å²) in [7, 11) is 0. The number of H-pyrrole nitrogens is 1. The first-order valence-corrected chi connectivity index (χ1v) is 5.56. The van der Waals surface area contributed by atoms with Gasteiger partial charge in [-0.05, 0) is 41.4 Å². The number of halogens is 1. The summed E-state index contributed by atoms with van der Waals surface area (Å²) in [6.07, 6.45) is 0. The van der Waals surface area contributed by atoms with Gasteiger partial charge < -0.3 is 15.8 Å². The molecule has 0 bridgehead atoms. The zero-order valence-corrected chi connectivity index (χ0v) is 10.2. The highest BCUT2D eigenvalue weighted by Crippen LogP contribution is 2.33. The smallest absolute Gasteiger partial charge is 0.131 e. The third-order valence-corrected chi connectivity index (χ3v) is 3.19. The Morgan fingerprint density at radius 1 is 1.47 bits per heavy atom. The van der Waals surface area contributed by atoms with Crippen molar-refractivity contribution in [2.75, 3.05) is 0 Å². The summed E-state index contributed by atoms with van der Waals surface area (Å²) in [6, 6.07) is 3.58. The summed E-state index contributed by atoms with van der Waals surface area (Å²) in [5.41, 5.74) is 8.99. The van der Waals surface area contributed by atoms with Gasteiger partial charge in [0.1, 0.15) is 5.75 Å². The normalized spacial score (nSPS) is 13.3. The molecule has 80 valence electrons. The Kier molecular flexibility index (Phi) is 2.48. The standard InChI is InChI=1S/C11H13BrN2O/c1-5(13)11-6(2)14-9-4-10(15)8(12)3-7(9)11/h3-5,14-15H,13H2,1-2H3. The fraction of sp³-hybridized carbons (Fsp3) is 0.273. The van der Waals surface area contributed by atoms with E-state index in [4.69, 9.17) is 5.73 Å². The molecule has 4 N–H and O–H groups in total. The molecule has 0 aliphatic rings. The molecule has 1 atom stereocenters. The van der Waals surface area contributed by atoms with Crippen LogP contribution in [0, 0.1) is 6.92 Å². The minimum atomic E-state index is -0.0183. The van der Waals surface area contributed by atoms with Crippen molar-refractivity contribution in [1.82, 2.24) is 4.98 Å². The van der Waals surface area contributed by atoms with Crippen LogP contribution in [0.1, 0.15) is 24.2 Å². The number of aromatic hydroxyl groups is 1. The van der Waals surface area contributed by atoms with Crippen LogP contribution in [0.5, 0.6) is 5.75 Å². The van der Waals surface area contributed by atoms with Gasteiger partial charge in [0.2, 0.25) is 0 Å². The van der Waals surface area contributed by atoms with E-state index in [2.05, 4.69) is 20.9 Å². The molecule has 2 rings (SSSR count). The molecule has 1 unspecified atom stereocenters. The Hall–Kier alpha value is -1.00. The minimum absolute atomic E-state index is 0.0183. The first-order chi connectivity index (χ1) is 7.00. The Bertz CT molecular complexity index is 517. The first kappa shape index (κ1) is 10.5. The lowest BCUT2D eigenvalue weighted by molar-refractivity contribution is 0.472. The van der Waals surface area contributed by atoms with Gasteiger partial charge in [0.25, 0.3) is 0 Å². The Balaban J connectivity index is 2.81. The summed E-state index contributed by atoms with van der Waals surface area (Å²) in [6.45, 7) is 3.94. The molecule has 3 nitrogen and oxygen atoms in total. The van der Waals surface area contributed by atoms with Gasteiger partial charge in [-0.3, -0.25) is 0 Å². The fourth-order valence-electron chi connectivity index (χ4n) is 1.95. The van der Waals surface area contributed by atoms with E-state index in [1.54, 1.807) is 6.07 Å². The number of aromatic amines is 1. The number of rotatable bonds is 1. The van der Waals surface area contributed by atoms with Crippen LogP contribution in [0.2, 0.25) is 0 Å². The molecule has 1 heterocycles. The SMILES string of the molecule is Cc1[nH]c2cc(O)c(Br)cc2c1C(C)N. The van der Waals surface area contributed by atoms with Crippen molar-refractivity contribution in [3.8, 4) is 5.75 Å². The quantitative estimate of drug-likeness (QED) is 0.745. The van der Waals surface area contributed by atoms with Gasteiger partial charge in [-0.1, -0.05) is 0 Å². The lowest BCUT2D eigenvalue weighted by Gasteiger charge is -2.05. The van der Waals surface area contributed by atoms with Crippen LogP contribution >= 0.6 is 15.9 Å². The summed E-state index contributed by atoms with van der Waals surface area (Å²) in [5, 5.41) is 10.6. The molecule has 0 saturated carbocycles. The Morgan fingerprint density at radius 2 is 2.13 bits per heavy atom.